The van der Waals surface area contributed by atoms with Gasteiger partial charge >= 0.3 is 0 Å². The maximum absolute atomic E-state index is 11.6. The van der Waals surface area contributed by atoms with Gasteiger partial charge < -0.3 is 9.22 Å². The Morgan fingerprint density at radius 2 is 1.26 bits per heavy atom. The molecule has 23 heavy (non-hydrogen) atoms. The van der Waals surface area contributed by atoms with Crippen LogP contribution in [-0.4, -0.2) is 34.6 Å². The Hall–Kier alpha value is -0.0162. The molecule has 4 nitrogen and oxygen atoms in total. The van der Waals surface area contributed by atoms with Crippen LogP contribution < -0.4 is 0 Å². The second-order valence-electron chi connectivity index (χ2n) is 8.87. The molecule has 0 aliphatic rings. The van der Waals surface area contributed by atoms with Crippen molar-refractivity contribution in [1.82, 2.24) is 0 Å². The Bertz CT molecular complexity index is 352. The highest BCUT2D eigenvalue weighted by Crippen LogP contribution is 2.42. The van der Waals surface area contributed by atoms with Crippen LogP contribution in [-0.2, 0) is 18.7 Å². The van der Waals surface area contributed by atoms with Crippen molar-refractivity contribution in [2.45, 2.75) is 103 Å². The van der Waals surface area contributed by atoms with Crippen molar-refractivity contribution in [3.05, 3.63) is 0 Å². The number of aldehydes is 1. The van der Waals surface area contributed by atoms with Gasteiger partial charge in [0.15, 0.2) is 20.7 Å². The summed E-state index contributed by atoms with van der Waals surface area (Å²) in [6.07, 6.45) is 0.0812. The molecule has 1 atom stereocenters. The Morgan fingerprint density at radius 3 is 1.52 bits per heavy atom. The van der Waals surface area contributed by atoms with Crippen molar-refractivity contribution in [2.75, 3.05) is 0 Å². The summed E-state index contributed by atoms with van der Waals surface area (Å²) in [4.78, 5) is 17.4. The summed E-state index contributed by atoms with van der Waals surface area (Å²) in [5.41, 5.74) is 0.500. The molecule has 0 N–H and O–H groups in total. The van der Waals surface area contributed by atoms with E-state index < -0.39 is 28.3 Å². The number of hydrogen-bond acceptors (Lipinski definition) is 4. The first kappa shape index (κ1) is 23.0. The smallest absolute Gasteiger partial charge is 0.246 e. The highest BCUT2D eigenvalue weighted by Gasteiger charge is 2.48. The zero-order chi connectivity index (χ0) is 18.6. The molecule has 0 aliphatic heterocycles. The molecule has 0 aromatic carbocycles. The van der Waals surface area contributed by atoms with Crippen LogP contribution in [0.4, 0.5) is 0 Å². The fourth-order valence-corrected chi connectivity index (χ4v) is 10.1. The van der Waals surface area contributed by atoms with Gasteiger partial charge in [-0.15, -0.1) is 0 Å². The fourth-order valence-electron chi connectivity index (χ4n) is 3.57. The van der Waals surface area contributed by atoms with Crippen molar-refractivity contribution in [1.29, 1.82) is 0 Å². The van der Waals surface area contributed by atoms with Gasteiger partial charge in [0.05, 0.1) is 5.60 Å². The molecule has 0 radical (unpaired) electrons. The second kappa shape index (κ2) is 8.38. The molecule has 0 fully saturated rings. The predicted molar refractivity (Wildman–Crippen MR) is 102 cm³/mol. The lowest BCUT2D eigenvalue weighted by Gasteiger charge is -2.43. The van der Waals surface area contributed by atoms with Crippen LogP contribution in [0.1, 0.15) is 55.4 Å². The maximum atomic E-state index is 11.6. The lowest BCUT2D eigenvalue weighted by molar-refractivity contribution is -0.277. The van der Waals surface area contributed by atoms with Gasteiger partial charge in [-0.1, -0.05) is 41.5 Å². The summed E-state index contributed by atoms with van der Waals surface area (Å²) in [5.74, 6) is 0. The summed E-state index contributed by atoms with van der Waals surface area (Å²) in [6, 6.07) is 0. The Morgan fingerprint density at radius 1 is 0.870 bits per heavy atom. The zero-order valence-corrected chi connectivity index (χ0v) is 19.0. The third kappa shape index (κ3) is 6.09. The van der Waals surface area contributed by atoms with Crippen LogP contribution in [0.3, 0.4) is 0 Å². The van der Waals surface area contributed by atoms with E-state index in [1.165, 1.54) is 0 Å². The van der Waals surface area contributed by atoms with Gasteiger partial charge in [-0.3, -0.25) is 4.58 Å². The molecule has 0 saturated carbocycles. The minimum atomic E-state index is -2.17. The van der Waals surface area contributed by atoms with Gasteiger partial charge in [0.1, 0.15) is 0 Å². The van der Waals surface area contributed by atoms with Crippen LogP contribution in [0.25, 0.3) is 0 Å². The predicted octanol–water partition coefficient (Wildman–Crippen LogP) is 5.31. The Kier molecular flexibility index (Phi) is 8.38. The zero-order valence-electron chi connectivity index (χ0n) is 17.0. The average molecular weight is 363 g/mol. The molecule has 6 heteroatoms. The van der Waals surface area contributed by atoms with E-state index in [9.17, 15) is 4.79 Å². The number of hydrogen-bond donors (Lipinski definition) is 0. The van der Waals surface area contributed by atoms with E-state index >= 15 is 0 Å². The molecule has 0 aromatic rings. The van der Waals surface area contributed by atoms with Gasteiger partial charge in [0, 0.05) is 0 Å². The van der Waals surface area contributed by atoms with Crippen LogP contribution >= 0.6 is 0 Å². The van der Waals surface area contributed by atoms with Crippen LogP contribution in [0.15, 0.2) is 0 Å². The Labute approximate surface area is 145 Å². The second-order valence-corrected chi connectivity index (χ2v) is 18.6. The lowest BCUT2D eigenvalue weighted by Crippen LogP contribution is -2.53. The summed E-state index contributed by atoms with van der Waals surface area (Å²) in [6.45, 7) is 23.2. The molecule has 0 heterocycles. The summed E-state index contributed by atoms with van der Waals surface area (Å²) < 4.78 is 12.3. The van der Waals surface area contributed by atoms with Crippen molar-refractivity contribution in [2.24, 2.45) is 0 Å². The first-order valence-corrected chi connectivity index (χ1v) is 14.3. The molecule has 0 aliphatic carbocycles. The summed E-state index contributed by atoms with van der Waals surface area (Å²) >= 11 is 0. The van der Waals surface area contributed by atoms with Crippen molar-refractivity contribution < 1.29 is 18.7 Å². The van der Waals surface area contributed by atoms with E-state index in [0.717, 1.165) is 6.29 Å². The highest BCUT2D eigenvalue weighted by molar-refractivity contribution is 6.77. The van der Waals surface area contributed by atoms with Gasteiger partial charge in [-0.25, -0.2) is 4.89 Å². The molecule has 0 amide bonds. The van der Waals surface area contributed by atoms with Gasteiger partial charge in [0.25, 0.3) is 0 Å². The third-order valence-electron chi connectivity index (χ3n) is 4.38. The first-order chi connectivity index (χ1) is 10.2. The maximum Gasteiger partial charge on any atom is 0.246 e. The number of rotatable bonds is 10. The molecular formula is C17H38O4Si2. The normalized spacial score (nSPS) is 15.6. The quantitative estimate of drug-likeness (QED) is 0.229. The van der Waals surface area contributed by atoms with E-state index in [-0.39, 0.29) is 0 Å². The molecular weight excluding hydrogens is 324 g/mol. The molecule has 0 aromatic heterocycles. The van der Waals surface area contributed by atoms with E-state index in [4.69, 9.17) is 13.9 Å². The molecule has 138 valence electrons. The van der Waals surface area contributed by atoms with Crippen LogP contribution in [0.2, 0.25) is 36.3 Å². The van der Waals surface area contributed by atoms with E-state index in [0.29, 0.717) is 16.6 Å². The van der Waals surface area contributed by atoms with E-state index in [2.05, 4.69) is 61.2 Å². The lowest BCUT2D eigenvalue weighted by atomic mass is 10.0. The van der Waals surface area contributed by atoms with Crippen LogP contribution in [0.5, 0.6) is 0 Å². The highest BCUT2D eigenvalue weighted by atomic mass is 28.4. The van der Waals surface area contributed by atoms with Crippen molar-refractivity contribution in [3.63, 3.8) is 0 Å². The largest absolute Gasteiger partial charge is 0.409 e. The fraction of sp³-hybridized carbons (Fsp3) is 0.941. The number of carbonyl (C=O) groups is 1. The van der Waals surface area contributed by atoms with Gasteiger partial charge in [0.2, 0.25) is 8.32 Å². The summed E-state index contributed by atoms with van der Waals surface area (Å²) in [5, 5.41) is 0. The van der Waals surface area contributed by atoms with Crippen molar-refractivity contribution in [3.8, 4) is 0 Å². The Balaban J connectivity index is 5.31. The summed E-state index contributed by atoms with van der Waals surface area (Å²) in [7, 11) is -3.96. The first-order valence-electron chi connectivity index (χ1n) is 8.70. The molecule has 0 spiro atoms. The van der Waals surface area contributed by atoms with Crippen molar-refractivity contribution >= 4 is 22.9 Å². The van der Waals surface area contributed by atoms with Gasteiger partial charge in [-0.2, -0.15) is 0 Å². The van der Waals surface area contributed by atoms with E-state index in [1.807, 2.05) is 13.8 Å². The molecule has 0 rings (SSSR count). The topological polar surface area (TPSA) is 44.8 Å². The minimum absolute atomic E-state index is 0.399. The van der Waals surface area contributed by atoms with E-state index in [1.54, 1.807) is 0 Å². The molecule has 0 saturated heterocycles. The number of carbonyl (C=O) groups excluding carboxylic acids is 1. The minimum Gasteiger partial charge on any atom is -0.409 e. The monoisotopic (exact) mass is 362 g/mol. The standard InChI is InChI=1S/C17H38O4Si2/c1-13(2)23(14(3)4,15(5)6)21-19-16(12-18)17(7,8)20-22(9,10)11/h12-16H,1-11H3. The van der Waals surface area contributed by atoms with Crippen LogP contribution in [0, 0.1) is 0 Å². The van der Waals surface area contributed by atoms with Gasteiger partial charge in [-0.05, 0) is 50.1 Å². The third-order valence-corrected chi connectivity index (χ3v) is 11.3. The molecule has 1 unspecified atom stereocenters. The SMILES string of the molecule is CC(C)[Si](OOC(C=O)C(C)(C)O[Si](C)(C)C)(C(C)C)C(C)C. The average Bonchev–Trinajstić information content (AvgIpc) is 2.29. The molecule has 0 bridgehead atoms.